The SMILES string of the molecule is CC(=O)O[C@H]1C[C@@]2(C)[C@@H](C[C@@H](O)C3[C@]2(C)CC[C@H]2[C@H](C)[C@H](O)CC[C@]32C)/C1=C(\CCC(I)=C(C)C)C(=O)OCOC(=O)C(C)(C)C. The van der Waals surface area contributed by atoms with E-state index in [2.05, 4.69) is 50.3 Å². The number of carbonyl (C=O) groups is 3. The van der Waals surface area contributed by atoms with E-state index in [1.165, 1.54) is 6.92 Å². The Kier molecular flexibility index (Phi) is 10.9. The maximum absolute atomic E-state index is 14.0. The minimum absolute atomic E-state index is 0.00566. The summed E-state index contributed by atoms with van der Waals surface area (Å²) in [6.45, 7) is 19.3. The average Bonchev–Trinajstić information content (AvgIpc) is 3.21. The van der Waals surface area contributed by atoms with Gasteiger partial charge in [0.15, 0.2) is 0 Å². The summed E-state index contributed by atoms with van der Waals surface area (Å²) < 4.78 is 18.1. The zero-order valence-electron chi connectivity index (χ0n) is 29.6. The molecule has 0 spiro atoms. The van der Waals surface area contributed by atoms with Crippen LogP contribution in [0.15, 0.2) is 20.3 Å². The molecule has 46 heavy (non-hydrogen) atoms. The Morgan fingerprint density at radius 2 is 1.59 bits per heavy atom. The second-order valence-electron chi connectivity index (χ2n) is 16.7. The van der Waals surface area contributed by atoms with Crippen LogP contribution in [-0.4, -0.2) is 53.2 Å². The van der Waals surface area contributed by atoms with Crippen LogP contribution in [0.25, 0.3) is 0 Å². The number of fused-ring (bicyclic) bond motifs is 5. The van der Waals surface area contributed by atoms with Crippen molar-refractivity contribution in [2.24, 2.45) is 45.3 Å². The number of halogens is 1. The first-order valence-corrected chi connectivity index (χ1v) is 18.2. The van der Waals surface area contributed by atoms with Crippen molar-refractivity contribution in [2.45, 2.75) is 139 Å². The van der Waals surface area contributed by atoms with E-state index in [0.717, 1.165) is 40.4 Å². The highest BCUT2D eigenvalue weighted by Gasteiger charge is 2.70. The highest BCUT2D eigenvalue weighted by atomic mass is 127. The fraction of sp³-hybridized carbons (Fsp3) is 0.811. The van der Waals surface area contributed by atoms with Gasteiger partial charge >= 0.3 is 17.9 Å². The molecule has 0 heterocycles. The van der Waals surface area contributed by atoms with E-state index in [4.69, 9.17) is 14.2 Å². The number of aliphatic hydroxyl groups is 2. The molecule has 0 aromatic carbocycles. The first-order chi connectivity index (χ1) is 21.2. The van der Waals surface area contributed by atoms with Gasteiger partial charge in [0.2, 0.25) is 6.79 Å². The molecule has 0 saturated heterocycles. The van der Waals surface area contributed by atoms with Crippen LogP contribution in [0.3, 0.4) is 0 Å². The van der Waals surface area contributed by atoms with Gasteiger partial charge in [-0.1, -0.05) is 33.3 Å². The quantitative estimate of drug-likeness (QED) is 0.119. The summed E-state index contributed by atoms with van der Waals surface area (Å²) in [4.78, 5) is 39.0. The van der Waals surface area contributed by atoms with E-state index in [-0.39, 0.29) is 40.1 Å². The van der Waals surface area contributed by atoms with Crippen LogP contribution in [0.4, 0.5) is 0 Å². The van der Waals surface area contributed by atoms with Gasteiger partial charge in [-0.05, 0) is 158 Å². The van der Waals surface area contributed by atoms with E-state index in [0.29, 0.717) is 37.2 Å². The van der Waals surface area contributed by atoms with Gasteiger partial charge in [0.05, 0.1) is 17.6 Å². The molecule has 0 amide bonds. The van der Waals surface area contributed by atoms with E-state index in [1.807, 2.05) is 13.8 Å². The summed E-state index contributed by atoms with van der Waals surface area (Å²) in [7, 11) is 0. The summed E-state index contributed by atoms with van der Waals surface area (Å²) in [6.07, 6.45) is 3.87. The predicted octanol–water partition coefficient (Wildman–Crippen LogP) is 7.43. The van der Waals surface area contributed by atoms with E-state index in [9.17, 15) is 24.6 Å². The van der Waals surface area contributed by atoms with Gasteiger partial charge in [-0.3, -0.25) is 9.59 Å². The van der Waals surface area contributed by atoms with Crippen molar-refractivity contribution in [1.82, 2.24) is 0 Å². The second-order valence-corrected chi connectivity index (χ2v) is 18.0. The molecule has 4 saturated carbocycles. The van der Waals surface area contributed by atoms with Gasteiger partial charge in [-0.15, -0.1) is 0 Å². The lowest BCUT2D eigenvalue weighted by Gasteiger charge is -2.69. The van der Waals surface area contributed by atoms with E-state index >= 15 is 0 Å². The van der Waals surface area contributed by atoms with Crippen molar-refractivity contribution in [3.8, 4) is 0 Å². The Balaban J connectivity index is 1.80. The number of rotatable bonds is 7. The van der Waals surface area contributed by atoms with Gasteiger partial charge in [0, 0.05) is 12.5 Å². The number of hydrogen-bond acceptors (Lipinski definition) is 8. The number of hydrogen-bond donors (Lipinski definition) is 2. The van der Waals surface area contributed by atoms with E-state index in [1.54, 1.807) is 20.8 Å². The fourth-order valence-electron chi connectivity index (χ4n) is 10.2. The number of ether oxygens (including phenoxy) is 3. The first-order valence-electron chi connectivity index (χ1n) is 17.1. The number of aliphatic hydroxyl groups excluding tert-OH is 2. The van der Waals surface area contributed by atoms with Gasteiger partial charge in [-0.2, -0.15) is 0 Å². The summed E-state index contributed by atoms with van der Waals surface area (Å²) in [5, 5.41) is 23.0. The zero-order chi connectivity index (χ0) is 34.6. The fourth-order valence-corrected chi connectivity index (χ4v) is 10.5. The van der Waals surface area contributed by atoms with Crippen LogP contribution in [-0.2, 0) is 28.6 Å². The molecule has 4 fully saturated rings. The third-order valence-electron chi connectivity index (χ3n) is 12.7. The molecule has 9 heteroatoms. The van der Waals surface area contributed by atoms with Gasteiger partial charge < -0.3 is 24.4 Å². The molecule has 260 valence electrons. The molecule has 1 unspecified atom stereocenters. The highest BCUT2D eigenvalue weighted by molar-refractivity contribution is 14.1. The molecule has 0 bridgehead atoms. The second kappa shape index (κ2) is 13.4. The van der Waals surface area contributed by atoms with Crippen LogP contribution >= 0.6 is 22.6 Å². The summed E-state index contributed by atoms with van der Waals surface area (Å²) >= 11 is 2.31. The van der Waals surface area contributed by atoms with Crippen molar-refractivity contribution in [3.05, 3.63) is 20.3 Å². The monoisotopic (exact) mass is 756 g/mol. The van der Waals surface area contributed by atoms with Crippen LogP contribution < -0.4 is 0 Å². The number of allylic oxidation sites excluding steroid dienone is 2. The minimum Gasteiger partial charge on any atom is -0.458 e. The third-order valence-corrected chi connectivity index (χ3v) is 14.4. The minimum atomic E-state index is -0.741. The normalized spacial score (nSPS) is 39.7. The number of carbonyl (C=O) groups excluding carboxylic acids is 3. The lowest BCUT2D eigenvalue weighted by Crippen LogP contribution is -2.65. The smallest absolute Gasteiger partial charge is 0.336 e. The Labute approximate surface area is 289 Å². The van der Waals surface area contributed by atoms with Gasteiger partial charge in [0.25, 0.3) is 0 Å². The largest absolute Gasteiger partial charge is 0.458 e. The molecule has 4 aliphatic rings. The van der Waals surface area contributed by atoms with Crippen LogP contribution in [0.5, 0.6) is 0 Å². The lowest BCUT2D eigenvalue weighted by molar-refractivity contribution is -0.234. The summed E-state index contributed by atoms with van der Waals surface area (Å²) in [6, 6.07) is 0. The maximum atomic E-state index is 14.0. The van der Waals surface area contributed by atoms with Crippen molar-refractivity contribution in [1.29, 1.82) is 0 Å². The molecular weight excluding hydrogens is 699 g/mol. The lowest BCUT2D eigenvalue weighted by atomic mass is 9.36. The predicted molar refractivity (Wildman–Crippen MR) is 184 cm³/mol. The van der Waals surface area contributed by atoms with Gasteiger partial charge in [-0.25, -0.2) is 4.79 Å². The van der Waals surface area contributed by atoms with Crippen LogP contribution in [0.1, 0.15) is 121 Å². The topological polar surface area (TPSA) is 119 Å². The molecule has 10 atom stereocenters. The first kappa shape index (κ1) is 37.4. The highest BCUT2D eigenvalue weighted by Crippen LogP contribution is 2.74. The average molecular weight is 757 g/mol. The third kappa shape index (κ3) is 6.59. The molecule has 0 aromatic rings. The molecular formula is C37H57IO8. The Morgan fingerprint density at radius 1 is 0.935 bits per heavy atom. The summed E-state index contributed by atoms with van der Waals surface area (Å²) in [5.74, 6) is -1.18. The Morgan fingerprint density at radius 3 is 2.17 bits per heavy atom. The number of esters is 3. The zero-order valence-corrected chi connectivity index (χ0v) is 31.8. The van der Waals surface area contributed by atoms with Crippen LogP contribution in [0, 0.1) is 45.3 Å². The van der Waals surface area contributed by atoms with Crippen molar-refractivity contribution < 1.29 is 38.8 Å². The molecule has 4 rings (SSSR count). The Hall–Kier alpha value is -1.46. The van der Waals surface area contributed by atoms with Gasteiger partial charge in [0.1, 0.15) is 6.10 Å². The maximum Gasteiger partial charge on any atom is 0.336 e. The van der Waals surface area contributed by atoms with E-state index < -0.39 is 42.3 Å². The summed E-state index contributed by atoms with van der Waals surface area (Å²) in [5.41, 5.74) is 0.815. The van der Waals surface area contributed by atoms with Crippen LogP contribution in [0.2, 0.25) is 0 Å². The molecule has 2 N–H and O–H groups in total. The molecule has 0 aromatic heterocycles. The molecule has 0 aliphatic heterocycles. The van der Waals surface area contributed by atoms with Crippen molar-refractivity contribution >= 4 is 40.5 Å². The Bertz CT molecular complexity index is 1280. The standard InChI is InChI=1S/C37H57IO8/c1-20(2)26(38)12-11-23(32(42)44-19-45-33(43)34(5,6)7)30-25-17-28(41)31-35(8)15-14-27(40)21(3)24(35)13-16-36(31,9)37(25,10)18-29(30)46-22(4)39/h21,24-25,27-29,31,40-41H,11-19H2,1-10H3/b30-23-/t21-,24-,25-,27+,28+,29-,31?,35-,36-,37-/m0/s1. The molecule has 0 radical (unpaired) electrons. The molecule has 8 nitrogen and oxygen atoms in total. The van der Waals surface area contributed by atoms with Crippen molar-refractivity contribution in [2.75, 3.05) is 6.79 Å². The van der Waals surface area contributed by atoms with Crippen molar-refractivity contribution in [3.63, 3.8) is 0 Å². The molecule has 4 aliphatic carbocycles.